The van der Waals surface area contributed by atoms with E-state index >= 15 is 0 Å². The van der Waals surface area contributed by atoms with E-state index in [1.54, 1.807) is 0 Å². The topological polar surface area (TPSA) is 71.3 Å². The molecular weight excluding hydrogens is 309 g/mol. The van der Waals surface area contributed by atoms with Crippen molar-refractivity contribution < 1.29 is 26.0 Å². The van der Waals surface area contributed by atoms with Crippen molar-refractivity contribution in [3.05, 3.63) is 17.6 Å². The summed E-state index contributed by atoms with van der Waals surface area (Å²) in [5, 5.41) is 3.06. The molecule has 0 aliphatic carbocycles. The second-order valence-corrected chi connectivity index (χ2v) is 6.67. The molecule has 0 radical (unpaired) electrons. The van der Waals surface area contributed by atoms with E-state index in [1.807, 2.05) is 18.6 Å². The highest BCUT2D eigenvalue weighted by Gasteiger charge is 2.28. The number of hydrogen-bond acceptors (Lipinski definition) is 4. The molecule has 0 aliphatic heterocycles. The van der Waals surface area contributed by atoms with Crippen LogP contribution < -0.4 is 10.0 Å². The summed E-state index contributed by atoms with van der Waals surface area (Å²) < 4.78 is 67.2. The Morgan fingerprint density at radius 3 is 2.48 bits per heavy atom. The molecule has 0 unspecified atom stereocenters. The average Bonchev–Trinajstić information content (AvgIpc) is 2.66. The van der Waals surface area contributed by atoms with Gasteiger partial charge in [-0.25, -0.2) is 13.1 Å². The number of aryl methyl sites for hydroxylation is 1. The molecule has 122 valence electrons. The molecule has 5 nitrogen and oxygen atoms in total. The summed E-state index contributed by atoms with van der Waals surface area (Å²) in [6.45, 7) is 4.95. The number of hydrogen-bond donors (Lipinski definition) is 2. The summed E-state index contributed by atoms with van der Waals surface area (Å²) in [4.78, 5) is -0.134. The zero-order valence-corrected chi connectivity index (χ0v) is 12.9. The Balaban J connectivity index is 2.74. The number of alkyl halides is 3. The van der Waals surface area contributed by atoms with E-state index in [2.05, 4.69) is 5.32 Å². The molecule has 21 heavy (non-hydrogen) atoms. The maximum absolute atomic E-state index is 12.0. The van der Waals surface area contributed by atoms with Gasteiger partial charge in [0.15, 0.2) is 0 Å². The predicted molar refractivity (Wildman–Crippen MR) is 71.3 cm³/mol. The van der Waals surface area contributed by atoms with Crippen molar-refractivity contribution >= 4 is 10.0 Å². The van der Waals surface area contributed by atoms with Crippen LogP contribution in [0.4, 0.5) is 13.2 Å². The highest BCUT2D eigenvalue weighted by molar-refractivity contribution is 7.89. The van der Waals surface area contributed by atoms with Crippen molar-refractivity contribution in [2.75, 3.05) is 6.54 Å². The van der Waals surface area contributed by atoms with E-state index in [4.69, 9.17) is 4.42 Å². The van der Waals surface area contributed by atoms with E-state index < -0.39 is 29.2 Å². The Bertz CT molecular complexity index is 565. The average molecular weight is 328 g/mol. The molecule has 2 N–H and O–H groups in total. The summed E-state index contributed by atoms with van der Waals surface area (Å²) in [5.41, 5.74) is 0. The van der Waals surface area contributed by atoms with Gasteiger partial charge in [0.1, 0.15) is 16.4 Å². The molecule has 0 aromatic carbocycles. The lowest BCUT2D eigenvalue weighted by molar-refractivity contribution is -0.132. The minimum absolute atomic E-state index is 0.134. The van der Waals surface area contributed by atoms with Crippen molar-refractivity contribution in [2.45, 2.75) is 50.9 Å². The van der Waals surface area contributed by atoms with Gasteiger partial charge in [0.05, 0.1) is 13.0 Å². The molecule has 1 rings (SSSR count). The van der Waals surface area contributed by atoms with Crippen LogP contribution in [-0.2, 0) is 16.6 Å². The van der Waals surface area contributed by atoms with Gasteiger partial charge < -0.3 is 9.73 Å². The van der Waals surface area contributed by atoms with Crippen LogP contribution in [0.1, 0.15) is 31.8 Å². The Labute approximate surface area is 122 Å². The smallest absolute Gasteiger partial charge is 0.390 e. The fraction of sp³-hybridized carbons (Fsp3) is 0.667. The highest BCUT2D eigenvalue weighted by atomic mass is 32.2. The number of nitrogens with one attached hydrogen (secondary N) is 2. The summed E-state index contributed by atoms with van der Waals surface area (Å²) in [6, 6.07) is 1.51. The van der Waals surface area contributed by atoms with E-state index in [0.29, 0.717) is 12.3 Å². The summed E-state index contributed by atoms with van der Waals surface area (Å²) >= 11 is 0. The molecule has 0 bridgehead atoms. The molecule has 0 atom stereocenters. The van der Waals surface area contributed by atoms with Crippen LogP contribution in [-0.4, -0.2) is 27.2 Å². The van der Waals surface area contributed by atoms with Crippen LogP contribution in [0.3, 0.4) is 0 Å². The minimum Gasteiger partial charge on any atom is -0.464 e. The first-order chi connectivity index (χ1) is 9.51. The Morgan fingerprint density at radius 2 is 1.95 bits per heavy atom. The number of sulfonamides is 1. The second kappa shape index (κ2) is 6.80. The molecule has 0 amide bonds. The van der Waals surface area contributed by atoms with Crippen molar-refractivity contribution in [1.29, 1.82) is 0 Å². The number of halogens is 3. The third-order valence-corrected chi connectivity index (χ3v) is 4.17. The molecule has 1 aromatic rings. The molecule has 9 heteroatoms. The monoisotopic (exact) mass is 328 g/mol. The normalized spacial score (nSPS) is 13.1. The van der Waals surface area contributed by atoms with Gasteiger partial charge in [-0.3, -0.25) is 0 Å². The Kier molecular flexibility index (Phi) is 5.83. The summed E-state index contributed by atoms with van der Waals surface area (Å²) in [6.07, 6.45) is -5.62. The number of furan rings is 1. The highest BCUT2D eigenvalue weighted by Crippen LogP contribution is 2.21. The first-order valence-electron chi connectivity index (χ1n) is 6.40. The molecule has 0 fully saturated rings. The maximum Gasteiger partial charge on any atom is 0.390 e. The summed E-state index contributed by atoms with van der Waals surface area (Å²) in [7, 11) is -4.00. The maximum atomic E-state index is 12.0. The molecule has 0 saturated carbocycles. The summed E-state index contributed by atoms with van der Waals surface area (Å²) in [5.74, 6) is 0.562. The quantitative estimate of drug-likeness (QED) is 0.806. The van der Waals surface area contributed by atoms with Crippen LogP contribution in [0.5, 0.6) is 0 Å². The molecule has 1 heterocycles. The van der Waals surface area contributed by atoms with Crippen LogP contribution in [0, 0.1) is 6.92 Å². The van der Waals surface area contributed by atoms with Gasteiger partial charge in [-0.2, -0.15) is 13.2 Å². The van der Waals surface area contributed by atoms with Crippen LogP contribution in [0.2, 0.25) is 0 Å². The molecular formula is C12H19F3N2O3S. The van der Waals surface area contributed by atoms with Crippen molar-refractivity contribution in [3.8, 4) is 0 Å². The third kappa shape index (κ3) is 6.06. The van der Waals surface area contributed by atoms with Gasteiger partial charge in [0.2, 0.25) is 10.0 Å². The van der Waals surface area contributed by atoms with Gasteiger partial charge in [0.25, 0.3) is 0 Å². The van der Waals surface area contributed by atoms with Crippen LogP contribution >= 0.6 is 0 Å². The predicted octanol–water partition coefficient (Wildman–Crippen LogP) is 2.32. The van der Waals surface area contributed by atoms with Gasteiger partial charge in [0, 0.05) is 18.7 Å². The lowest BCUT2D eigenvalue weighted by Crippen LogP contribution is -2.28. The van der Waals surface area contributed by atoms with Crippen molar-refractivity contribution in [1.82, 2.24) is 10.0 Å². The fourth-order valence-electron chi connectivity index (χ4n) is 1.59. The van der Waals surface area contributed by atoms with Crippen LogP contribution in [0.25, 0.3) is 0 Å². The third-order valence-electron chi connectivity index (χ3n) is 2.60. The van der Waals surface area contributed by atoms with E-state index in [-0.39, 0.29) is 16.7 Å². The first-order valence-corrected chi connectivity index (χ1v) is 7.88. The van der Waals surface area contributed by atoms with Crippen molar-refractivity contribution in [2.24, 2.45) is 0 Å². The molecule has 0 spiro atoms. The first kappa shape index (κ1) is 18.0. The number of rotatable bonds is 7. The van der Waals surface area contributed by atoms with Gasteiger partial charge in [-0.1, -0.05) is 13.8 Å². The SMILES string of the molecule is Cc1oc(CNC(C)C)cc1S(=O)(=O)NCCC(F)(F)F. The Hall–Kier alpha value is -1.06. The fourth-order valence-corrected chi connectivity index (χ4v) is 2.82. The van der Waals surface area contributed by atoms with Gasteiger partial charge in [-0.15, -0.1) is 0 Å². The van der Waals surface area contributed by atoms with Gasteiger partial charge >= 0.3 is 6.18 Å². The van der Waals surface area contributed by atoms with E-state index in [9.17, 15) is 21.6 Å². The lowest BCUT2D eigenvalue weighted by atomic mass is 10.3. The lowest BCUT2D eigenvalue weighted by Gasteiger charge is -2.07. The zero-order chi connectivity index (χ0) is 16.3. The minimum atomic E-state index is -4.40. The Morgan fingerprint density at radius 1 is 1.33 bits per heavy atom. The molecule has 0 aliphatic rings. The van der Waals surface area contributed by atoms with Crippen LogP contribution in [0.15, 0.2) is 15.4 Å². The van der Waals surface area contributed by atoms with Crippen molar-refractivity contribution in [3.63, 3.8) is 0 Å². The van der Waals surface area contributed by atoms with E-state index in [0.717, 1.165) is 0 Å². The second-order valence-electron chi connectivity index (χ2n) is 4.93. The molecule has 1 aromatic heterocycles. The largest absolute Gasteiger partial charge is 0.464 e. The van der Waals surface area contributed by atoms with E-state index in [1.165, 1.54) is 13.0 Å². The molecule has 0 saturated heterocycles. The standard InChI is InChI=1S/C12H19F3N2O3S/c1-8(2)16-7-10-6-11(9(3)20-10)21(18,19)17-5-4-12(13,14)15/h6,8,16-17H,4-5,7H2,1-3H3. The zero-order valence-electron chi connectivity index (χ0n) is 12.0. The van der Waals surface area contributed by atoms with Gasteiger partial charge in [-0.05, 0) is 6.92 Å².